The minimum Gasteiger partial charge on any atom is -0.494 e. The molecule has 1 aliphatic heterocycles. The van der Waals surface area contributed by atoms with Gasteiger partial charge >= 0.3 is 5.97 Å². The van der Waals surface area contributed by atoms with E-state index in [9.17, 15) is 4.79 Å². The maximum absolute atomic E-state index is 11.6. The molecule has 0 aliphatic carbocycles. The smallest absolute Gasteiger partial charge is 0.337 e. The van der Waals surface area contributed by atoms with Crippen molar-refractivity contribution in [1.29, 1.82) is 0 Å². The molecule has 1 aliphatic rings. The van der Waals surface area contributed by atoms with Gasteiger partial charge in [0.05, 0.1) is 12.7 Å². The first-order valence-corrected chi connectivity index (χ1v) is 6.05. The second-order valence-electron chi connectivity index (χ2n) is 4.68. The zero-order chi connectivity index (χ0) is 12.1. The summed E-state index contributed by atoms with van der Waals surface area (Å²) in [6.07, 6.45) is 3.70. The minimum absolute atomic E-state index is 0.163. The highest BCUT2D eigenvalue weighted by Crippen LogP contribution is 2.31. The Kier molecular flexibility index (Phi) is 4.84. The summed E-state index contributed by atoms with van der Waals surface area (Å²) < 4.78 is 10.6. The lowest BCUT2D eigenvalue weighted by molar-refractivity contribution is -0.136. The average molecular weight is 226 g/mol. The highest BCUT2D eigenvalue weighted by molar-refractivity contribution is 5.89. The Bertz CT molecular complexity index is 279. The zero-order valence-electron chi connectivity index (χ0n) is 10.7. The topological polar surface area (TPSA) is 35.5 Å². The molecule has 0 spiro atoms. The highest BCUT2D eigenvalue weighted by atomic mass is 16.5. The maximum atomic E-state index is 11.6. The fourth-order valence-electron chi connectivity index (χ4n) is 1.83. The van der Waals surface area contributed by atoms with Crippen molar-refractivity contribution in [2.75, 3.05) is 7.11 Å². The molecule has 0 aromatic carbocycles. The Morgan fingerprint density at radius 2 is 2.25 bits per heavy atom. The van der Waals surface area contributed by atoms with Gasteiger partial charge in [-0.15, -0.1) is 0 Å². The number of carbonyl (C=O) groups excluding carboxylic acids is 1. The molecule has 0 aromatic heterocycles. The van der Waals surface area contributed by atoms with Crippen molar-refractivity contribution in [2.45, 2.75) is 52.6 Å². The number of carbonyl (C=O) groups is 1. The fourth-order valence-corrected chi connectivity index (χ4v) is 1.83. The van der Waals surface area contributed by atoms with Gasteiger partial charge in [-0.25, -0.2) is 4.79 Å². The summed E-state index contributed by atoms with van der Waals surface area (Å²) in [5.74, 6) is 1.25. The molecular weight excluding hydrogens is 204 g/mol. The van der Waals surface area contributed by atoms with Gasteiger partial charge in [-0.05, 0) is 18.8 Å². The van der Waals surface area contributed by atoms with Crippen LogP contribution in [0.2, 0.25) is 0 Å². The maximum Gasteiger partial charge on any atom is 0.337 e. The molecule has 1 rings (SSSR count). The lowest BCUT2D eigenvalue weighted by Gasteiger charge is -2.11. The van der Waals surface area contributed by atoms with E-state index < -0.39 is 0 Å². The molecule has 0 bridgehead atoms. The highest BCUT2D eigenvalue weighted by Gasteiger charge is 2.29. The third-order valence-electron chi connectivity index (χ3n) is 2.91. The van der Waals surface area contributed by atoms with E-state index in [0.717, 1.165) is 30.6 Å². The monoisotopic (exact) mass is 226 g/mol. The molecule has 92 valence electrons. The number of rotatable bonds is 5. The summed E-state index contributed by atoms with van der Waals surface area (Å²) in [6, 6.07) is 0. The molecule has 1 atom stereocenters. The third-order valence-corrected chi connectivity index (χ3v) is 2.91. The van der Waals surface area contributed by atoms with Crippen LogP contribution in [0.3, 0.4) is 0 Å². The van der Waals surface area contributed by atoms with Gasteiger partial charge in [0.25, 0.3) is 0 Å². The van der Waals surface area contributed by atoms with Gasteiger partial charge in [-0.2, -0.15) is 0 Å². The van der Waals surface area contributed by atoms with Crippen LogP contribution in [0.25, 0.3) is 0 Å². The molecular formula is C13H22O3. The van der Waals surface area contributed by atoms with Gasteiger partial charge in [0.15, 0.2) is 0 Å². The van der Waals surface area contributed by atoms with Crippen LogP contribution < -0.4 is 0 Å². The van der Waals surface area contributed by atoms with E-state index in [0.29, 0.717) is 12.3 Å². The van der Waals surface area contributed by atoms with Crippen molar-refractivity contribution in [3.63, 3.8) is 0 Å². The van der Waals surface area contributed by atoms with E-state index in [-0.39, 0.29) is 12.1 Å². The molecule has 1 heterocycles. The van der Waals surface area contributed by atoms with Crippen LogP contribution in [0.15, 0.2) is 11.3 Å². The number of methoxy groups -OCH3 is 1. The van der Waals surface area contributed by atoms with Crippen LogP contribution >= 0.6 is 0 Å². The van der Waals surface area contributed by atoms with Gasteiger partial charge in [0, 0.05) is 12.8 Å². The minimum atomic E-state index is -0.227. The first-order valence-electron chi connectivity index (χ1n) is 6.05. The molecule has 3 nitrogen and oxygen atoms in total. The predicted molar refractivity (Wildman–Crippen MR) is 62.9 cm³/mol. The Morgan fingerprint density at radius 1 is 1.56 bits per heavy atom. The quantitative estimate of drug-likeness (QED) is 0.676. The predicted octanol–water partition coefficient (Wildman–Crippen LogP) is 3.05. The van der Waals surface area contributed by atoms with Crippen molar-refractivity contribution in [2.24, 2.45) is 5.92 Å². The summed E-state index contributed by atoms with van der Waals surface area (Å²) in [7, 11) is 1.43. The molecule has 0 fully saturated rings. The van der Waals surface area contributed by atoms with Crippen molar-refractivity contribution in [3.05, 3.63) is 11.3 Å². The molecule has 0 aromatic rings. The van der Waals surface area contributed by atoms with E-state index in [1.165, 1.54) is 7.11 Å². The molecule has 0 N–H and O–H groups in total. The van der Waals surface area contributed by atoms with E-state index >= 15 is 0 Å². The molecule has 3 heteroatoms. The Morgan fingerprint density at radius 3 is 2.75 bits per heavy atom. The van der Waals surface area contributed by atoms with Crippen molar-refractivity contribution < 1.29 is 14.3 Å². The standard InChI is InChI=1S/C13H22O3/c1-5-10-8-11(13(14)15-4)12(16-10)7-6-9(2)3/h9-10H,5-8H2,1-4H3. The zero-order valence-corrected chi connectivity index (χ0v) is 10.7. The van der Waals surface area contributed by atoms with E-state index in [2.05, 4.69) is 20.8 Å². The third kappa shape index (κ3) is 3.26. The lowest BCUT2D eigenvalue weighted by atomic mass is 10.0. The SMILES string of the molecule is CCC1CC(C(=O)OC)=C(CCC(C)C)O1. The van der Waals surface area contributed by atoms with Gasteiger partial charge in [0.2, 0.25) is 0 Å². The second-order valence-corrected chi connectivity index (χ2v) is 4.68. The first kappa shape index (κ1) is 13.1. The first-order chi connectivity index (χ1) is 7.58. The Labute approximate surface area is 97.8 Å². The van der Waals surface area contributed by atoms with Crippen LogP contribution in [-0.4, -0.2) is 19.2 Å². The molecule has 1 unspecified atom stereocenters. The van der Waals surface area contributed by atoms with Crippen molar-refractivity contribution >= 4 is 5.97 Å². The molecule has 16 heavy (non-hydrogen) atoms. The van der Waals surface area contributed by atoms with Crippen LogP contribution in [0.5, 0.6) is 0 Å². The number of esters is 1. The molecule has 0 saturated heterocycles. The largest absolute Gasteiger partial charge is 0.494 e. The van der Waals surface area contributed by atoms with Gasteiger partial charge < -0.3 is 9.47 Å². The number of ether oxygens (including phenoxy) is 2. The number of allylic oxidation sites excluding steroid dienone is 1. The van der Waals surface area contributed by atoms with Crippen LogP contribution in [0.1, 0.15) is 46.5 Å². The molecule has 0 saturated carbocycles. The normalized spacial score (nSPS) is 20.2. The fraction of sp³-hybridized carbons (Fsp3) is 0.769. The summed E-state index contributed by atoms with van der Waals surface area (Å²) in [5, 5.41) is 0. The van der Waals surface area contributed by atoms with E-state index in [1.807, 2.05) is 0 Å². The molecule has 0 amide bonds. The van der Waals surface area contributed by atoms with Gasteiger partial charge in [-0.3, -0.25) is 0 Å². The summed E-state index contributed by atoms with van der Waals surface area (Å²) in [4.78, 5) is 11.6. The van der Waals surface area contributed by atoms with Crippen molar-refractivity contribution in [1.82, 2.24) is 0 Å². The van der Waals surface area contributed by atoms with Crippen LogP contribution in [0, 0.1) is 5.92 Å². The van der Waals surface area contributed by atoms with Crippen LogP contribution in [-0.2, 0) is 14.3 Å². The Hall–Kier alpha value is -0.990. The number of hydrogen-bond donors (Lipinski definition) is 0. The second kappa shape index (κ2) is 5.92. The number of hydrogen-bond acceptors (Lipinski definition) is 3. The lowest BCUT2D eigenvalue weighted by Crippen LogP contribution is -2.07. The Balaban J connectivity index is 2.68. The van der Waals surface area contributed by atoms with Crippen molar-refractivity contribution in [3.8, 4) is 0 Å². The van der Waals surface area contributed by atoms with E-state index in [4.69, 9.17) is 9.47 Å². The summed E-state index contributed by atoms with van der Waals surface area (Å²) >= 11 is 0. The van der Waals surface area contributed by atoms with Gasteiger partial charge in [-0.1, -0.05) is 20.8 Å². The average Bonchev–Trinajstić information content (AvgIpc) is 2.68. The van der Waals surface area contributed by atoms with Crippen LogP contribution in [0.4, 0.5) is 0 Å². The molecule has 0 radical (unpaired) electrons. The summed E-state index contributed by atoms with van der Waals surface area (Å²) in [5.41, 5.74) is 0.745. The van der Waals surface area contributed by atoms with E-state index in [1.54, 1.807) is 0 Å². The van der Waals surface area contributed by atoms with Gasteiger partial charge in [0.1, 0.15) is 11.9 Å². The summed E-state index contributed by atoms with van der Waals surface area (Å²) in [6.45, 7) is 6.42.